The number of nitrogens with zero attached hydrogens (tertiary/aromatic N) is 2. The van der Waals surface area contributed by atoms with Crippen molar-refractivity contribution < 1.29 is 17.9 Å². The summed E-state index contributed by atoms with van der Waals surface area (Å²) in [6.45, 7) is 0. The van der Waals surface area contributed by atoms with Gasteiger partial charge in [0, 0.05) is 11.8 Å². The topological polar surface area (TPSA) is 45.9 Å². The van der Waals surface area contributed by atoms with Crippen LogP contribution < -0.4 is 4.74 Å². The van der Waals surface area contributed by atoms with Crippen molar-refractivity contribution in [3.63, 3.8) is 0 Å². The number of aromatic nitrogens is 1. The normalized spacial score (nSPS) is 10.9. The van der Waals surface area contributed by atoms with Gasteiger partial charge in [0.1, 0.15) is 5.75 Å². The van der Waals surface area contributed by atoms with Crippen LogP contribution in [0.25, 0.3) is 11.1 Å². The smallest absolute Gasteiger partial charge is 0.406 e. The molecule has 1 aromatic carbocycles. The minimum Gasteiger partial charge on any atom is -0.406 e. The number of hydrogen-bond donors (Lipinski definition) is 0. The second-order valence-electron chi connectivity index (χ2n) is 3.95. The molecule has 0 aliphatic carbocycles. The first-order valence-corrected chi connectivity index (χ1v) is 5.66. The van der Waals surface area contributed by atoms with Crippen molar-refractivity contribution in [3.8, 4) is 22.9 Å². The molecule has 0 amide bonds. The summed E-state index contributed by atoms with van der Waals surface area (Å²) < 4.78 is 40.3. The van der Waals surface area contributed by atoms with Crippen molar-refractivity contribution in [2.45, 2.75) is 12.8 Å². The Hall–Kier alpha value is -2.55. The van der Waals surface area contributed by atoms with Gasteiger partial charge in [-0.25, -0.2) is 0 Å². The molecule has 1 heterocycles. The van der Waals surface area contributed by atoms with E-state index in [0.717, 1.165) is 0 Å². The monoisotopic (exact) mass is 278 g/mol. The van der Waals surface area contributed by atoms with Crippen molar-refractivity contribution >= 4 is 0 Å². The van der Waals surface area contributed by atoms with E-state index in [1.54, 1.807) is 18.2 Å². The van der Waals surface area contributed by atoms with Crippen LogP contribution in [0.5, 0.6) is 5.75 Å². The lowest BCUT2D eigenvalue weighted by molar-refractivity contribution is -0.274. The Morgan fingerprint density at radius 3 is 2.55 bits per heavy atom. The summed E-state index contributed by atoms with van der Waals surface area (Å²) in [6.07, 6.45) is -3.01. The van der Waals surface area contributed by atoms with Gasteiger partial charge in [-0.1, -0.05) is 18.2 Å². The number of rotatable bonds is 3. The van der Waals surface area contributed by atoms with Gasteiger partial charge in [0.2, 0.25) is 0 Å². The van der Waals surface area contributed by atoms with Crippen LogP contribution >= 0.6 is 0 Å². The summed E-state index contributed by atoms with van der Waals surface area (Å²) >= 11 is 0. The lowest BCUT2D eigenvalue weighted by Crippen LogP contribution is -2.17. The van der Waals surface area contributed by atoms with Crippen LogP contribution in [0.3, 0.4) is 0 Å². The third kappa shape index (κ3) is 3.72. The highest BCUT2D eigenvalue weighted by atomic mass is 19.4. The van der Waals surface area contributed by atoms with Gasteiger partial charge in [0.25, 0.3) is 0 Å². The maximum absolute atomic E-state index is 12.1. The number of benzene rings is 1. The maximum Gasteiger partial charge on any atom is 0.573 e. The molecule has 0 N–H and O–H groups in total. The molecule has 0 radical (unpaired) electrons. The predicted molar refractivity (Wildman–Crippen MR) is 65.7 cm³/mol. The van der Waals surface area contributed by atoms with E-state index in [9.17, 15) is 13.2 Å². The molecule has 2 aromatic rings. The highest BCUT2D eigenvalue weighted by Gasteiger charge is 2.31. The minimum atomic E-state index is -4.71. The minimum absolute atomic E-state index is 0.192. The lowest BCUT2D eigenvalue weighted by Gasteiger charge is -2.10. The lowest BCUT2D eigenvalue weighted by atomic mass is 10.1. The average Bonchev–Trinajstić information content (AvgIpc) is 2.38. The van der Waals surface area contributed by atoms with Crippen LogP contribution in [0, 0.1) is 11.3 Å². The molecule has 20 heavy (non-hydrogen) atoms. The van der Waals surface area contributed by atoms with E-state index in [1.165, 1.54) is 24.4 Å². The zero-order chi connectivity index (χ0) is 14.6. The Balaban J connectivity index is 2.24. The fraction of sp³-hybridized carbons (Fsp3) is 0.143. The molecule has 0 saturated carbocycles. The van der Waals surface area contributed by atoms with Gasteiger partial charge >= 0.3 is 6.36 Å². The van der Waals surface area contributed by atoms with Crippen molar-refractivity contribution in [3.05, 3.63) is 48.3 Å². The first-order valence-electron chi connectivity index (χ1n) is 5.66. The largest absolute Gasteiger partial charge is 0.573 e. The van der Waals surface area contributed by atoms with Crippen LogP contribution in [0.15, 0.2) is 42.6 Å². The van der Waals surface area contributed by atoms with Crippen LogP contribution in [0.1, 0.15) is 5.69 Å². The number of hydrogen-bond acceptors (Lipinski definition) is 3. The molecule has 6 heteroatoms. The Bertz CT molecular complexity index is 630. The highest BCUT2D eigenvalue weighted by Crippen LogP contribution is 2.27. The van der Waals surface area contributed by atoms with Crippen LogP contribution in [0.2, 0.25) is 0 Å². The van der Waals surface area contributed by atoms with Crippen molar-refractivity contribution in [1.82, 2.24) is 4.98 Å². The molecular weight excluding hydrogens is 269 g/mol. The van der Waals surface area contributed by atoms with Crippen LogP contribution in [0.4, 0.5) is 13.2 Å². The number of ether oxygens (including phenoxy) is 1. The van der Waals surface area contributed by atoms with Crippen LogP contribution in [-0.2, 0) is 6.42 Å². The number of alkyl halides is 3. The van der Waals surface area contributed by atoms with Gasteiger partial charge in [-0.05, 0) is 23.8 Å². The summed E-state index contributed by atoms with van der Waals surface area (Å²) in [5.41, 5.74) is 1.82. The van der Waals surface area contributed by atoms with E-state index >= 15 is 0 Å². The van der Waals surface area contributed by atoms with E-state index in [4.69, 9.17) is 5.26 Å². The summed E-state index contributed by atoms with van der Waals surface area (Å²) in [5, 5.41) is 8.54. The molecule has 102 valence electrons. The van der Waals surface area contributed by atoms with Gasteiger partial charge in [-0.2, -0.15) is 5.26 Å². The molecule has 2 rings (SSSR count). The number of pyridine rings is 1. The van der Waals surface area contributed by atoms with Crippen molar-refractivity contribution in [2.75, 3.05) is 0 Å². The zero-order valence-electron chi connectivity index (χ0n) is 10.2. The first kappa shape index (κ1) is 13.9. The second kappa shape index (κ2) is 5.61. The molecule has 0 aliphatic rings. The predicted octanol–water partition coefficient (Wildman–Crippen LogP) is 3.71. The Labute approximate surface area is 113 Å². The molecule has 0 saturated heterocycles. The Morgan fingerprint density at radius 1 is 1.15 bits per heavy atom. The zero-order valence-corrected chi connectivity index (χ0v) is 10.2. The van der Waals surface area contributed by atoms with E-state index < -0.39 is 6.36 Å². The summed E-state index contributed by atoms with van der Waals surface area (Å²) in [6, 6.07) is 11.0. The van der Waals surface area contributed by atoms with Gasteiger partial charge in [-0.3, -0.25) is 4.98 Å². The van der Waals surface area contributed by atoms with Gasteiger partial charge in [-0.15, -0.1) is 13.2 Å². The summed E-state index contributed by atoms with van der Waals surface area (Å²) in [5.74, 6) is -0.281. The summed E-state index contributed by atoms with van der Waals surface area (Å²) in [4.78, 5) is 4.06. The molecule has 0 aliphatic heterocycles. The number of nitriles is 1. The molecule has 0 fully saturated rings. The highest BCUT2D eigenvalue weighted by molar-refractivity contribution is 5.64. The standard InChI is InChI=1S/C14H9F3N2O/c15-14(16,17)20-13-3-1-2-10(8-13)11-4-5-12(6-7-18)19-9-11/h1-5,8-9H,6H2. The fourth-order valence-corrected chi connectivity index (χ4v) is 1.65. The van der Waals surface area contributed by atoms with Crippen molar-refractivity contribution in [1.29, 1.82) is 5.26 Å². The molecule has 0 unspecified atom stereocenters. The molecule has 0 spiro atoms. The molecule has 1 aromatic heterocycles. The first-order chi connectivity index (χ1) is 9.48. The molecule has 0 atom stereocenters. The average molecular weight is 278 g/mol. The van der Waals surface area contributed by atoms with E-state index in [0.29, 0.717) is 16.8 Å². The molecule has 0 bridgehead atoms. The van der Waals surface area contributed by atoms with E-state index in [1.807, 2.05) is 6.07 Å². The third-order valence-electron chi connectivity index (χ3n) is 2.49. The molecule has 3 nitrogen and oxygen atoms in total. The molecular formula is C14H9F3N2O. The second-order valence-corrected chi connectivity index (χ2v) is 3.95. The SMILES string of the molecule is N#CCc1ccc(-c2cccc(OC(F)(F)F)c2)cn1. The van der Waals surface area contributed by atoms with Gasteiger partial charge in [0.15, 0.2) is 0 Å². The quantitative estimate of drug-likeness (QED) is 0.859. The van der Waals surface area contributed by atoms with Gasteiger partial charge < -0.3 is 4.74 Å². The summed E-state index contributed by atoms with van der Waals surface area (Å²) in [7, 11) is 0. The third-order valence-corrected chi connectivity index (χ3v) is 2.49. The number of halogens is 3. The Kier molecular flexibility index (Phi) is 3.89. The maximum atomic E-state index is 12.1. The van der Waals surface area contributed by atoms with Crippen LogP contribution in [-0.4, -0.2) is 11.3 Å². The van der Waals surface area contributed by atoms with Gasteiger partial charge in [0.05, 0.1) is 18.2 Å². The Morgan fingerprint density at radius 2 is 1.95 bits per heavy atom. The fourth-order valence-electron chi connectivity index (χ4n) is 1.65. The van der Waals surface area contributed by atoms with E-state index in [-0.39, 0.29) is 12.2 Å². The van der Waals surface area contributed by atoms with Crippen molar-refractivity contribution in [2.24, 2.45) is 0 Å². The van der Waals surface area contributed by atoms with E-state index in [2.05, 4.69) is 9.72 Å².